The van der Waals surface area contributed by atoms with Crippen molar-refractivity contribution in [1.82, 2.24) is 0 Å². The largest absolute Gasteiger partial charge is 0.459 e. The monoisotopic (exact) mass is 460 g/mol. The molecule has 6 aliphatic rings. The van der Waals surface area contributed by atoms with Crippen molar-refractivity contribution < 1.29 is 28.5 Å². The first-order chi connectivity index (χ1) is 15.5. The Labute approximate surface area is 197 Å². The highest BCUT2D eigenvalue weighted by molar-refractivity contribution is 5.74. The van der Waals surface area contributed by atoms with Gasteiger partial charge >= 0.3 is 11.9 Å². The van der Waals surface area contributed by atoms with Gasteiger partial charge in [0.05, 0.1) is 6.42 Å². The van der Waals surface area contributed by atoms with Gasteiger partial charge in [0.15, 0.2) is 11.9 Å². The lowest BCUT2D eigenvalue weighted by molar-refractivity contribution is -0.222. The lowest BCUT2D eigenvalue weighted by Gasteiger charge is -2.67. The third-order valence-electron chi connectivity index (χ3n) is 11.3. The number of rotatable bonds is 1. The maximum atomic E-state index is 12.2. The summed E-state index contributed by atoms with van der Waals surface area (Å²) in [6.07, 6.45) is 7.84. The minimum absolute atomic E-state index is 0.0969. The van der Waals surface area contributed by atoms with E-state index in [1.54, 1.807) is 0 Å². The normalized spacial score (nSPS) is 54.2. The van der Waals surface area contributed by atoms with E-state index in [1.807, 2.05) is 0 Å². The summed E-state index contributed by atoms with van der Waals surface area (Å²) >= 11 is 0. The molecule has 0 aromatic carbocycles. The van der Waals surface area contributed by atoms with Crippen LogP contribution in [-0.4, -0.2) is 36.2 Å². The minimum atomic E-state index is -0.995. The molecule has 6 rings (SSSR count). The second-order valence-electron chi connectivity index (χ2n) is 13.3. The number of esters is 2. The molecular formula is C27H40O6. The standard InChI is InChI=1S/C27H40O6/c1-15(28)30-20-13-17-16(22-32-23-27(20,33-22)14-21(29)31-23)7-8-19-25(17,4)12-9-18-24(2,3)10-6-11-26(18,19)5/h16-20,22-23H,6-14H2,1-5H3/t16?,17-,18?,19?,20-,22-,23-,25+,26+,27+/m1/s1. The van der Waals surface area contributed by atoms with Crippen molar-refractivity contribution in [2.45, 2.75) is 117 Å². The zero-order valence-electron chi connectivity index (χ0n) is 20.9. The van der Waals surface area contributed by atoms with Crippen LogP contribution in [0.15, 0.2) is 0 Å². The van der Waals surface area contributed by atoms with E-state index < -0.39 is 18.0 Å². The second kappa shape index (κ2) is 6.96. The van der Waals surface area contributed by atoms with Crippen LogP contribution in [0.2, 0.25) is 0 Å². The molecule has 1 spiro atoms. The molecule has 6 heteroatoms. The molecule has 3 unspecified atom stereocenters. The molecule has 10 atom stereocenters. The first-order valence-electron chi connectivity index (χ1n) is 13.2. The zero-order chi connectivity index (χ0) is 23.4. The zero-order valence-corrected chi connectivity index (χ0v) is 20.9. The molecule has 0 N–H and O–H groups in total. The number of carbonyl (C=O) groups excluding carboxylic acids is 2. The van der Waals surface area contributed by atoms with Crippen LogP contribution in [0, 0.1) is 39.9 Å². The molecule has 0 amide bonds. The van der Waals surface area contributed by atoms with Crippen molar-refractivity contribution in [3.05, 3.63) is 0 Å². The van der Waals surface area contributed by atoms with E-state index >= 15 is 0 Å². The molecule has 0 aromatic heterocycles. The molecule has 184 valence electrons. The molecule has 6 fully saturated rings. The number of fused-ring (bicyclic) bond motifs is 7. The van der Waals surface area contributed by atoms with Crippen molar-refractivity contribution in [3.8, 4) is 0 Å². The highest BCUT2D eigenvalue weighted by atomic mass is 16.8. The first kappa shape index (κ1) is 22.3. The van der Waals surface area contributed by atoms with Crippen molar-refractivity contribution in [2.75, 3.05) is 0 Å². The van der Waals surface area contributed by atoms with Crippen LogP contribution in [0.1, 0.15) is 92.4 Å². The summed E-state index contributed by atoms with van der Waals surface area (Å²) < 4.78 is 24.2. The summed E-state index contributed by atoms with van der Waals surface area (Å²) in [5.74, 6) is 1.32. The Bertz CT molecular complexity index is 869. The smallest absolute Gasteiger partial charge is 0.311 e. The maximum absolute atomic E-state index is 12.2. The van der Waals surface area contributed by atoms with Crippen molar-refractivity contribution >= 4 is 11.9 Å². The molecule has 0 radical (unpaired) electrons. The molecule has 3 heterocycles. The van der Waals surface area contributed by atoms with Gasteiger partial charge in [0.2, 0.25) is 6.29 Å². The van der Waals surface area contributed by atoms with Gasteiger partial charge in [-0.15, -0.1) is 0 Å². The highest BCUT2D eigenvalue weighted by Gasteiger charge is 2.71. The van der Waals surface area contributed by atoms with Gasteiger partial charge in [0.25, 0.3) is 0 Å². The molecule has 6 nitrogen and oxygen atoms in total. The molecule has 3 saturated carbocycles. The molecule has 3 aliphatic carbocycles. The Kier molecular flexibility index (Phi) is 4.71. The third-order valence-corrected chi connectivity index (χ3v) is 11.3. The van der Waals surface area contributed by atoms with Crippen LogP contribution in [-0.2, 0) is 28.5 Å². The van der Waals surface area contributed by atoms with Gasteiger partial charge < -0.3 is 18.9 Å². The van der Waals surface area contributed by atoms with Crippen LogP contribution >= 0.6 is 0 Å². The summed E-state index contributed by atoms with van der Waals surface area (Å²) in [6.45, 7) is 11.5. The average Bonchev–Trinajstić information content (AvgIpc) is 3.15. The van der Waals surface area contributed by atoms with Crippen LogP contribution in [0.25, 0.3) is 0 Å². The van der Waals surface area contributed by atoms with E-state index in [1.165, 1.54) is 45.4 Å². The Morgan fingerprint density at radius 2 is 1.79 bits per heavy atom. The van der Waals surface area contributed by atoms with Crippen LogP contribution in [0.5, 0.6) is 0 Å². The summed E-state index contributed by atoms with van der Waals surface area (Å²) in [5, 5.41) is 0. The van der Waals surface area contributed by atoms with E-state index in [0.29, 0.717) is 22.7 Å². The molecule has 3 saturated heterocycles. The summed E-state index contributed by atoms with van der Waals surface area (Å²) in [4.78, 5) is 24.4. The molecule has 0 aromatic rings. The predicted octanol–water partition coefficient (Wildman–Crippen LogP) is 4.98. The van der Waals surface area contributed by atoms with E-state index in [0.717, 1.165) is 18.8 Å². The molecule has 3 aliphatic heterocycles. The predicted molar refractivity (Wildman–Crippen MR) is 120 cm³/mol. The van der Waals surface area contributed by atoms with Gasteiger partial charge in [0.1, 0.15) is 6.10 Å². The molecular weight excluding hydrogens is 420 g/mol. The second-order valence-corrected chi connectivity index (χ2v) is 13.3. The lowest BCUT2D eigenvalue weighted by Crippen LogP contribution is -2.60. The van der Waals surface area contributed by atoms with Gasteiger partial charge in [-0.1, -0.05) is 34.1 Å². The fourth-order valence-electron chi connectivity index (χ4n) is 10.1. The SMILES string of the molecule is CC(=O)O[C@@H]1C[C@@H]2C(CCC3[C@@]4(C)CCCC(C)(C)C4CC[C@]32C)[C@@H]2O[C@H]3OC(=O)C[C@@]31O2. The lowest BCUT2D eigenvalue weighted by atomic mass is 9.38. The summed E-state index contributed by atoms with van der Waals surface area (Å²) in [5.41, 5.74) is -0.109. The highest BCUT2D eigenvalue weighted by Crippen LogP contribution is 2.71. The van der Waals surface area contributed by atoms with Crippen LogP contribution in [0.4, 0.5) is 0 Å². The van der Waals surface area contributed by atoms with Gasteiger partial charge in [0, 0.05) is 12.8 Å². The number of hydrogen-bond donors (Lipinski definition) is 0. The topological polar surface area (TPSA) is 71.1 Å². The summed E-state index contributed by atoms with van der Waals surface area (Å²) in [7, 11) is 0. The fraction of sp³-hybridized carbons (Fsp3) is 0.926. The quantitative estimate of drug-likeness (QED) is 0.514. The Morgan fingerprint density at radius 1 is 1.00 bits per heavy atom. The van der Waals surface area contributed by atoms with Crippen molar-refractivity contribution in [3.63, 3.8) is 0 Å². The summed E-state index contributed by atoms with van der Waals surface area (Å²) in [6, 6.07) is 0. The van der Waals surface area contributed by atoms with Crippen molar-refractivity contribution in [1.29, 1.82) is 0 Å². The Hall–Kier alpha value is -1.14. The third kappa shape index (κ3) is 2.92. The van der Waals surface area contributed by atoms with E-state index in [-0.39, 0.29) is 36.0 Å². The molecule has 2 bridgehead atoms. The van der Waals surface area contributed by atoms with E-state index in [2.05, 4.69) is 27.7 Å². The average molecular weight is 461 g/mol. The maximum Gasteiger partial charge on any atom is 0.311 e. The number of carbonyl (C=O) groups is 2. The Morgan fingerprint density at radius 3 is 2.55 bits per heavy atom. The van der Waals surface area contributed by atoms with Gasteiger partial charge in [-0.3, -0.25) is 9.59 Å². The first-order valence-corrected chi connectivity index (χ1v) is 13.2. The fourth-order valence-corrected chi connectivity index (χ4v) is 10.1. The Balaban J connectivity index is 1.39. The minimum Gasteiger partial charge on any atom is -0.459 e. The van der Waals surface area contributed by atoms with E-state index in [9.17, 15) is 9.59 Å². The van der Waals surface area contributed by atoms with Crippen LogP contribution < -0.4 is 0 Å². The number of ether oxygens (including phenoxy) is 4. The van der Waals surface area contributed by atoms with Gasteiger partial charge in [-0.2, -0.15) is 0 Å². The van der Waals surface area contributed by atoms with E-state index in [4.69, 9.17) is 18.9 Å². The van der Waals surface area contributed by atoms with Crippen molar-refractivity contribution in [2.24, 2.45) is 39.9 Å². The number of hydrogen-bond acceptors (Lipinski definition) is 6. The molecule has 33 heavy (non-hydrogen) atoms. The van der Waals surface area contributed by atoms with Gasteiger partial charge in [-0.05, 0) is 78.9 Å². The van der Waals surface area contributed by atoms with Crippen LogP contribution in [0.3, 0.4) is 0 Å². The van der Waals surface area contributed by atoms with Gasteiger partial charge in [-0.25, -0.2) is 0 Å².